The van der Waals surface area contributed by atoms with Crippen LogP contribution < -0.4 is 0 Å². The van der Waals surface area contributed by atoms with Crippen molar-refractivity contribution in [2.45, 2.75) is 52.2 Å². The Labute approximate surface area is 114 Å². The average molecular weight is 262 g/mol. The van der Waals surface area contributed by atoms with E-state index >= 15 is 0 Å². The van der Waals surface area contributed by atoms with Crippen molar-refractivity contribution >= 4 is 5.97 Å². The standard InChI is InChI=1S/C16H22O3/c1-4-6-9-18-16(17)15-14(19-15)13-8-7-11(3)12(5-2)10-13/h7-8,10,14-15H,4-6,9H2,1-3H3. The molecular weight excluding hydrogens is 240 g/mol. The monoisotopic (exact) mass is 262 g/mol. The number of benzene rings is 1. The first-order valence-corrected chi connectivity index (χ1v) is 7.08. The van der Waals surface area contributed by atoms with E-state index in [1.807, 2.05) is 6.07 Å². The third kappa shape index (κ3) is 3.35. The Morgan fingerprint density at radius 2 is 2.16 bits per heavy atom. The van der Waals surface area contributed by atoms with Crippen LogP contribution in [0.5, 0.6) is 0 Å². The van der Waals surface area contributed by atoms with Crippen LogP contribution in [0.2, 0.25) is 0 Å². The quantitative estimate of drug-likeness (QED) is 0.448. The molecule has 19 heavy (non-hydrogen) atoms. The Balaban J connectivity index is 1.93. The summed E-state index contributed by atoms with van der Waals surface area (Å²) in [4.78, 5) is 11.7. The summed E-state index contributed by atoms with van der Waals surface area (Å²) in [6.45, 7) is 6.81. The molecule has 2 atom stereocenters. The van der Waals surface area contributed by atoms with E-state index < -0.39 is 6.10 Å². The third-order valence-corrected chi connectivity index (χ3v) is 3.55. The van der Waals surface area contributed by atoms with Crippen molar-refractivity contribution in [1.82, 2.24) is 0 Å². The number of carbonyl (C=O) groups excluding carboxylic acids is 1. The van der Waals surface area contributed by atoms with Crippen molar-refractivity contribution in [3.63, 3.8) is 0 Å². The number of ether oxygens (including phenoxy) is 2. The highest BCUT2D eigenvalue weighted by molar-refractivity contribution is 5.78. The minimum atomic E-state index is -0.399. The number of epoxide rings is 1. The second kappa shape index (κ2) is 6.20. The largest absolute Gasteiger partial charge is 0.464 e. The van der Waals surface area contributed by atoms with E-state index in [2.05, 4.69) is 32.9 Å². The molecule has 3 heteroatoms. The van der Waals surface area contributed by atoms with E-state index in [1.54, 1.807) is 0 Å². The number of esters is 1. The van der Waals surface area contributed by atoms with Gasteiger partial charge < -0.3 is 9.47 Å². The first kappa shape index (κ1) is 14.1. The number of rotatable bonds is 6. The van der Waals surface area contributed by atoms with Crippen molar-refractivity contribution in [1.29, 1.82) is 0 Å². The van der Waals surface area contributed by atoms with Crippen molar-refractivity contribution in [3.05, 3.63) is 34.9 Å². The molecule has 0 radical (unpaired) electrons. The van der Waals surface area contributed by atoms with Crippen LogP contribution in [-0.4, -0.2) is 18.7 Å². The summed E-state index contributed by atoms with van der Waals surface area (Å²) in [5, 5.41) is 0. The molecule has 0 aromatic heterocycles. The van der Waals surface area contributed by atoms with Gasteiger partial charge in [-0.05, 0) is 36.5 Å². The first-order chi connectivity index (χ1) is 9.17. The van der Waals surface area contributed by atoms with Gasteiger partial charge in [0.25, 0.3) is 0 Å². The Kier molecular flexibility index (Phi) is 4.59. The maximum Gasteiger partial charge on any atom is 0.338 e. The molecule has 0 N–H and O–H groups in total. The van der Waals surface area contributed by atoms with Crippen LogP contribution in [0.4, 0.5) is 0 Å². The summed E-state index contributed by atoms with van der Waals surface area (Å²) < 4.78 is 10.6. The summed E-state index contributed by atoms with van der Waals surface area (Å²) >= 11 is 0. The molecule has 3 nitrogen and oxygen atoms in total. The van der Waals surface area contributed by atoms with Crippen molar-refractivity contribution < 1.29 is 14.3 Å². The average Bonchev–Trinajstić information content (AvgIpc) is 3.20. The molecule has 1 aromatic carbocycles. The van der Waals surface area contributed by atoms with Crippen LogP contribution in [0.1, 0.15) is 49.5 Å². The smallest absolute Gasteiger partial charge is 0.338 e. The van der Waals surface area contributed by atoms with Gasteiger partial charge >= 0.3 is 5.97 Å². The van der Waals surface area contributed by atoms with E-state index in [1.165, 1.54) is 11.1 Å². The number of carbonyl (C=O) groups is 1. The fourth-order valence-corrected chi connectivity index (χ4v) is 2.19. The SMILES string of the molecule is CCCCOC(=O)C1OC1c1ccc(C)c(CC)c1. The van der Waals surface area contributed by atoms with Gasteiger partial charge in [0.15, 0.2) is 6.10 Å². The Morgan fingerprint density at radius 1 is 1.37 bits per heavy atom. The molecule has 0 amide bonds. The maximum atomic E-state index is 11.7. The first-order valence-electron chi connectivity index (χ1n) is 7.08. The van der Waals surface area contributed by atoms with Crippen LogP contribution in [0.3, 0.4) is 0 Å². The van der Waals surface area contributed by atoms with Crippen molar-refractivity contribution in [2.75, 3.05) is 6.61 Å². The summed E-state index contributed by atoms with van der Waals surface area (Å²) in [7, 11) is 0. The fourth-order valence-electron chi connectivity index (χ4n) is 2.19. The zero-order valence-corrected chi connectivity index (χ0v) is 11.9. The van der Waals surface area contributed by atoms with Crippen LogP contribution in [0, 0.1) is 6.92 Å². The van der Waals surface area contributed by atoms with Crippen molar-refractivity contribution in [2.24, 2.45) is 0 Å². The van der Waals surface area contributed by atoms with E-state index in [0.717, 1.165) is 24.8 Å². The van der Waals surface area contributed by atoms with Gasteiger partial charge in [0, 0.05) is 0 Å². The second-order valence-corrected chi connectivity index (χ2v) is 5.04. The summed E-state index contributed by atoms with van der Waals surface area (Å²) in [6, 6.07) is 6.27. The number of aryl methyl sites for hydroxylation is 2. The van der Waals surface area contributed by atoms with Crippen LogP contribution in [-0.2, 0) is 20.7 Å². The molecular formula is C16H22O3. The molecule has 0 saturated carbocycles. The van der Waals surface area contributed by atoms with Crippen LogP contribution >= 0.6 is 0 Å². The molecule has 1 saturated heterocycles. The Morgan fingerprint density at radius 3 is 2.84 bits per heavy atom. The van der Waals surface area contributed by atoms with E-state index in [4.69, 9.17) is 9.47 Å². The molecule has 2 unspecified atom stereocenters. The molecule has 1 heterocycles. The Hall–Kier alpha value is -1.35. The molecule has 1 aliphatic heterocycles. The number of hydrogen-bond acceptors (Lipinski definition) is 3. The van der Waals surface area contributed by atoms with Gasteiger partial charge in [-0.1, -0.05) is 38.5 Å². The summed E-state index contributed by atoms with van der Waals surface area (Å²) in [6.07, 6.45) is 2.43. The number of unbranched alkanes of at least 4 members (excludes halogenated alkanes) is 1. The molecule has 2 rings (SSSR count). The van der Waals surface area contributed by atoms with Gasteiger partial charge in [-0.2, -0.15) is 0 Å². The van der Waals surface area contributed by atoms with Gasteiger partial charge in [0.1, 0.15) is 6.10 Å². The fraction of sp³-hybridized carbons (Fsp3) is 0.562. The minimum absolute atomic E-state index is 0.111. The number of hydrogen-bond donors (Lipinski definition) is 0. The molecule has 0 aliphatic carbocycles. The summed E-state index contributed by atoms with van der Waals surface area (Å²) in [5.41, 5.74) is 3.68. The predicted octanol–water partition coefficient (Wildman–Crippen LogP) is 3.34. The maximum absolute atomic E-state index is 11.7. The lowest BCUT2D eigenvalue weighted by Gasteiger charge is -2.05. The van der Waals surface area contributed by atoms with Gasteiger partial charge in [-0.3, -0.25) is 0 Å². The lowest BCUT2D eigenvalue weighted by atomic mass is 10.0. The van der Waals surface area contributed by atoms with E-state index in [9.17, 15) is 4.79 Å². The summed E-state index contributed by atoms with van der Waals surface area (Å²) in [5.74, 6) is -0.225. The molecule has 0 spiro atoms. The highest BCUT2D eigenvalue weighted by Crippen LogP contribution is 2.40. The van der Waals surface area contributed by atoms with Crippen LogP contribution in [0.15, 0.2) is 18.2 Å². The molecule has 1 aromatic rings. The van der Waals surface area contributed by atoms with Crippen molar-refractivity contribution in [3.8, 4) is 0 Å². The van der Waals surface area contributed by atoms with Crippen LogP contribution in [0.25, 0.3) is 0 Å². The van der Waals surface area contributed by atoms with E-state index in [0.29, 0.717) is 6.61 Å². The zero-order chi connectivity index (χ0) is 13.8. The molecule has 1 fully saturated rings. The molecule has 1 aliphatic rings. The Bertz CT molecular complexity index is 453. The van der Waals surface area contributed by atoms with Gasteiger partial charge in [0.2, 0.25) is 0 Å². The third-order valence-electron chi connectivity index (χ3n) is 3.55. The lowest BCUT2D eigenvalue weighted by molar-refractivity contribution is -0.145. The second-order valence-electron chi connectivity index (χ2n) is 5.04. The zero-order valence-electron chi connectivity index (χ0n) is 11.9. The van der Waals surface area contributed by atoms with Gasteiger partial charge in [0.05, 0.1) is 6.61 Å². The van der Waals surface area contributed by atoms with Gasteiger partial charge in [-0.25, -0.2) is 4.79 Å². The van der Waals surface area contributed by atoms with E-state index in [-0.39, 0.29) is 12.1 Å². The highest BCUT2D eigenvalue weighted by atomic mass is 16.6. The molecule has 0 bridgehead atoms. The lowest BCUT2D eigenvalue weighted by Crippen LogP contribution is -2.13. The molecule has 104 valence electrons. The topological polar surface area (TPSA) is 38.8 Å². The minimum Gasteiger partial charge on any atom is -0.464 e. The highest BCUT2D eigenvalue weighted by Gasteiger charge is 2.47. The normalized spacial score (nSPS) is 21.2. The van der Waals surface area contributed by atoms with Gasteiger partial charge in [-0.15, -0.1) is 0 Å². The predicted molar refractivity (Wildman–Crippen MR) is 74.0 cm³/mol.